The number of carbonyl (C=O) groups is 2. The summed E-state index contributed by atoms with van der Waals surface area (Å²) in [6.07, 6.45) is 1.69. The molecule has 1 aliphatic heterocycles. The molecule has 1 N–H and O–H groups in total. The number of nitrogens with one attached hydrogen (secondary N) is 1. The Morgan fingerprint density at radius 1 is 1.10 bits per heavy atom. The molecule has 0 bridgehead atoms. The minimum absolute atomic E-state index is 0.0339. The van der Waals surface area contributed by atoms with E-state index in [1.54, 1.807) is 17.0 Å². The van der Waals surface area contributed by atoms with Gasteiger partial charge in [-0.1, -0.05) is 36.8 Å². The number of carbonyl (C=O) groups excluding carboxylic acids is 2. The van der Waals surface area contributed by atoms with E-state index in [1.807, 2.05) is 38.1 Å². The zero-order chi connectivity index (χ0) is 21.7. The van der Waals surface area contributed by atoms with Crippen molar-refractivity contribution in [1.29, 1.82) is 0 Å². The van der Waals surface area contributed by atoms with Gasteiger partial charge < -0.3 is 10.2 Å². The van der Waals surface area contributed by atoms with Gasteiger partial charge in [0.05, 0.1) is 10.6 Å². The van der Waals surface area contributed by atoms with Crippen LogP contribution in [0.15, 0.2) is 47.4 Å². The van der Waals surface area contributed by atoms with Crippen LogP contribution in [-0.2, 0) is 32.3 Å². The smallest absolute Gasteiger partial charge is 0.226 e. The van der Waals surface area contributed by atoms with Crippen LogP contribution in [0.2, 0.25) is 0 Å². The Balaban J connectivity index is 1.53. The molecule has 0 spiro atoms. The van der Waals surface area contributed by atoms with Crippen LogP contribution in [0, 0.1) is 6.92 Å². The molecule has 0 aromatic heterocycles. The van der Waals surface area contributed by atoms with E-state index in [1.165, 1.54) is 11.6 Å². The number of sulfone groups is 1. The molecule has 7 heteroatoms. The lowest BCUT2D eigenvalue weighted by Crippen LogP contribution is -2.28. The second kappa shape index (κ2) is 9.43. The Hall–Kier alpha value is -2.67. The summed E-state index contributed by atoms with van der Waals surface area (Å²) >= 11 is 0. The summed E-state index contributed by atoms with van der Waals surface area (Å²) in [6.45, 7) is 4.88. The van der Waals surface area contributed by atoms with Crippen molar-refractivity contribution in [3.63, 3.8) is 0 Å². The zero-order valence-electron chi connectivity index (χ0n) is 17.5. The number of aryl methyl sites for hydroxylation is 1. The number of fused-ring (bicyclic) bond motifs is 1. The number of benzene rings is 2. The molecule has 30 heavy (non-hydrogen) atoms. The number of amides is 2. The molecular weight excluding hydrogens is 400 g/mol. The lowest BCUT2D eigenvalue weighted by Gasteiger charge is -2.16. The number of anilines is 1. The molecule has 160 valence electrons. The van der Waals surface area contributed by atoms with Gasteiger partial charge in [0.25, 0.3) is 0 Å². The van der Waals surface area contributed by atoms with Gasteiger partial charge in [-0.15, -0.1) is 0 Å². The molecule has 1 aliphatic rings. The molecule has 3 rings (SSSR count). The van der Waals surface area contributed by atoms with Gasteiger partial charge in [0, 0.05) is 31.6 Å². The van der Waals surface area contributed by atoms with Crippen LogP contribution in [0.5, 0.6) is 0 Å². The lowest BCUT2D eigenvalue weighted by molar-refractivity contribution is -0.120. The average Bonchev–Trinajstić information content (AvgIpc) is 3.16. The molecule has 0 saturated carbocycles. The van der Waals surface area contributed by atoms with Gasteiger partial charge in [0.15, 0.2) is 9.84 Å². The molecule has 2 aromatic carbocycles. The molecule has 0 atom stereocenters. The summed E-state index contributed by atoms with van der Waals surface area (Å²) in [4.78, 5) is 26.0. The van der Waals surface area contributed by atoms with Crippen molar-refractivity contribution < 1.29 is 18.0 Å². The number of nitrogens with zero attached hydrogens (tertiary/aromatic N) is 1. The largest absolute Gasteiger partial charge is 0.356 e. The number of hydrogen-bond acceptors (Lipinski definition) is 4. The van der Waals surface area contributed by atoms with E-state index in [0.29, 0.717) is 32.4 Å². The highest BCUT2D eigenvalue weighted by Crippen LogP contribution is 2.31. The second-order valence-electron chi connectivity index (χ2n) is 7.59. The van der Waals surface area contributed by atoms with Gasteiger partial charge in [0.1, 0.15) is 0 Å². The van der Waals surface area contributed by atoms with Crippen molar-refractivity contribution in [3.05, 3.63) is 59.2 Å². The van der Waals surface area contributed by atoms with Gasteiger partial charge in [-0.25, -0.2) is 8.42 Å². The van der Waals surface area contributed by atoms with Gasteiger partial charge in [-0.05, 0) is 49.1 Å². The summed E-state index contributed by atoms with van der Waals surface area (Å²) in [7, 11) is -3.57. The van der Waals surface area contributed by atoms with Gasteiger partial charge in [-0.2, -0.15) is 0 Å². The zero-order valence-corrected chi connectivity index (χ0v) is 18.3. The first-order chi connectivity index (χ1) is 14.3. The quantitative estimate of drug-likeness (QED) is 0.701. The molecule has 2 aromatic rings. The minimum atomic E-state index is -3.57. The second-order valence-corrected chi connectivity index (χ2v) is 9.70. The number of hydrogen-bond donors (Lipinski definition) is 1. The molecule has 0 fully saturated rings. The predicted octanol–water partition coefficient (Wildman–Crippen LogP) is 2.82. The minimum Gasteiger partial charge on any atom is -0.356 e. The van der Waals surface area contributed by atoms with Crippen LogP contribution in [0.3, 0.4) is 0 Å². The van der Waals surface area contributed by atoms with Gasteiger partial charge >= 0.3 is 0 Å². The fourth-order valence-electron chi connectivity index (χ4n) is 3.56. The maximum absolute atomic E-state index is 12.7. The summed E-state index contributed by atoms with van der Waals surface area (Å²) in [5, 5.41) is 2.79. The Bertz CT molecular complexity index is 1030. The SMILES string of the molecule is CCC(=O)N1CCc2cc(S(=O)(=O)CCC(=O)NCCc3ccc(C)cc3)ccc21. The molecular formula is C23H28N2O4S. The highest BCUT2D eigenvalue weighted by atomic mass is 32.2. The Labute approximate surface area is 178 Å². The Kier molecular flexibility index (Phi) is 6.92. The van der Waals surface area contributed by atoms with Gasteiger partial charge in [-0.3, -0.25) is 9.59 Å². The number of rotatable bonds is 8. The topological polar surface area (TPSA) is 83.6 Å². The van der Waals surface area contributed by atoms with Crippen molar-refractivity contribution in [2.24, 2.45) is 0 Å². The molecule has 2 amide bonds. The Morgan fingerprint density at radius 3 is 2.53 bits per heavy atom. The fourth-order valence-corrected chi connectivity index (χ4v) is 4.84. The van der Waals surface area contributed by atoms with Crippen molar-refractivity contribution in [2.75, 3.05) is 23.7 Å². The highest BCUT2D eigenvalue weighted by molar-refractivity contribution is 7.91. The van der Waals surface area contributed by atoms with E-state index >= 15 is 0 Å². The van der Waals surface area contributed by atoms with E-state index in [4.69, 9.17) is 0 Å². The van der Waals surface area contributed by atoms with Crippen molar-refractivity contribution >= 4 is 27.3 Å². The van der Waals surface area contributed by atoms with E-state index in [-0.39, 0.29) is 28.9 Å². The van der Waals surface area contributed by atoms with Crippen LogP contribution in [0.1, 0.15) is 36.5 Å². The maximum atomic E-state index is 12.7. The van der Waals surface area contributed by atoms with Crippen LogP contribution < -0.4 is 10.2 Å². The van der Waals surface area contributed by atoms with Crippen molar-refractivity contribution in [1.82, 2.24) is 5.32 Å². The average molecular weight is 429 g/mol. The summed E-state index contributed by atoms with van der Waals surface area (Å²) < 4.78 is 25.3. The highest BCUT2D eigenvalue weighted by Gasteiger charge is 2.26. The molecule has 0 aliphatic carbocycles. The lowest BCUT2D eigenvalue weighted by atomic mass is 10.1. The first-order valence-corrected chi connectivity index (χ1v) is 11.9. The summed E-state index contributed by atoms with van der Waals surface area (Å²) in [5.74, 6) is -0.474. The molecule has 0 unspecified atom stereocenters. The normalized spacial score (nSPS) is 13.2. The maximum Gasteiger partial charge on any atom is 0.226 e. The predicted molar refractivity (Wildman–Crippen MR) is 117 cm³/mol. The van der Waals surface area contributed by atoms with E-state index in [2.05, 4.69) is 5.32 Å². The first-order valence-electron chi connectivity index (χ1n) is 10.3. The van der Waals surface area contributed by atoms with Gasteiger partial charge in [0.2, 0.25) is 11.8 Å². The monoisotopic (exact) mass is 428 g/mol. The van der Waals surface area contributed by atoms with Crippen molar-refractivity contribution in [3.8, 4) is 0 Å². The summed E-state index contributed by atoms with van der Waals surface area (Å²) in [6, 6.07) is 13.0. The van der Waals surface area contributed by atoms with Crippen LogP contribution in [0.4, 0.5) is 5.69 Å². The van der Waals surface area contributed by atoms with Crippen LogP contribution in [0.25, 0.3) is 0 Å². The third-order valence-corrected chi connectivity index (χ3v) is 7.08. The third-order valence-electron chi connectivity index (χ3n) is 5.36. The Morgan fingerprint density at radius 2 is 1.83 bits per heavy atom. The molecule has 0 saturated heterocycles. The molecule has 6 nitrogen and oxygen atoms in total. The fraction of sp³-hybridized carbons (Fsp3) is 0.391. The van der Waals surface area contributed by atoms with Crippen LogP contribution in [-0.4, -0.2) is 39.1 Å². The molecule has 0 radical (unpaired) electrons. The molecule has 1 heterocycles. The standard InChI is InChI=1S/C23H28N2O4S/c1-3-23(27)25-14-11-19-16-20(8-9-21(19)25)30(28,29)15-12-22(26)24-13-10-18-6-4-17(2)5-7-18/h4-9,16H,3,10-15H2,1-2H3,(H,24,26). The summed E-state index contributed by atoms with van der Waals surface area (Å²) in [5.41, 5.74) is 3.96. The van der Waals surface area contributed by atoms with Crippen LogP contribution >= 0.6 is 0 Å². The first kappa shape index (κ1) is 22.0. The van der Waals surface area contributed by atoms with Crippen molar-refractivity contribution in [2.45, 2.75) is 44.4 Å². The van der Waals surface area contributed by atoms with E-state index < -0.39 is 9.84 Å². The third kappa shape index (κ3) is 5.27. The van der Waals surface area contributed by atoms with E-state index in [0.717, 1.165) is 16.8 Å². The van der Waals surface area contributed by atoms with E-state index in [9.17, 15) is 18.0 Å².